The molecule has 0 bridgehead atoms. The van der Waals surface area contributed by atoms with Gasteiger partial charge in [-0.3, -0.25) is 4.68 Å². The van der Waals surface area contributed by atoms with E-state index >= 15 is 0 Å². The van der Waals surface area contributed by atoms with E-state index in [4.69, 9.17) is 10.5 Å². The lowest BCUT2D eigenvalue weighted by Gasteiger charge is -2.17. The largest absolute Gasteiger partial charge is 0.378 e. The summed E-state index contributed by atoms with van der Waals surface area (Å²) >= 11 is 0. The van der Waals surface area contributed by atoms with Crippen molar-refractivity contribution in [1.29, 1.82) is 0 Å². The lowest BCUT2D eigenvalue weighted by Crippen LogP contribution is -2.33. The number of nitrogens with two attached hydrogens (primary N) is 1. The van der Waals surface area contributed by atoms with E-state index in [0.717, 1.165) is 38.2 Å². The molecule has 2 N–H and O–H groups in total. The molecule has 0 aromatic carbocycles. The maximum absolute atomic E-state index is 6.24. The summed E-state index contributed by atoms with van der Waals surface area (Å²) in [5.41, 5.74) is 6.24. The Labute approximate surface area is 102 Å². The first-order valence-corrected chi connectivity index (χ1v) is 6.44. The Balaban J connectivity index is 1.93. The van der Waals surface area contributed by atoms with Crippen LogP contribution in [0.1, 0.15) is 32.5 Å². The summed E-state index contributed by atoms with van der Waals surface area (Å²) in [5.74, 6) is 1.45. The van der Waals surface area contributed by atoms with Crippen molar-refractivity contribution in [2.45, 2.75) is 51.8 Å². The summed E-state index contributed by atoms with van der Waals surface area (Å²) in [6.07, 6.45) is 4.88. The lowest BCUT2D eigenvalue weighted by molar-refractivity contribution is 0.118. The fourth-order valence-electron chi connectivity index (χ4n) is 2.37. The molecular weight excluding hydrogens is 216 g/mol. The first-order valence-electron chi connectivity index (χ1n) is 6.44. The molecule has 1 saturated heterocycles. The zero-order chi connectivity index (χ0) is 12.3. The van der Waals surface area contributed by atoms with Crippen LogP contribution in [0.2, 0.25) is 0 Å². The van der Waals surface area contributed by atoms with Crippen molar-refractivity contribution in [3.8, 4) is 0 Å². The van der Waals surface area contributed by atoms with Crippen LogP contribution in [-0.2, 0) is 17.7 Å². The summed E-state index contributed by atoms with van der Waals surface area (Å²) in [6.45, 7) is 5.94. The molecule has 5 heteroatoms. The van der Waals surface area contributed by atoms with E-state index in [1.165, 1.54) is 0 Å². The van der Waals surface area contributed by atoms with Crippen molar-refractivity contribution in [3.63, 3.8) is 0 Å². The van der Waals surface area contributed by atoms with Crippen molar-refractivity contribution in [2.75, 3.05) is 6.61 Å². The van der Waals surface area contributed by atoms with Crippen LogP contribution in [0.5, 0.6) is 0 Å². The van der Waals surface area contributed by atoms with Gasteiger partial charge in [0.1, 0.15) is 12.2 Å². The SMILES string of the molecule is CCCn1ncnc1CC(N)C1COC(C)C1. The second-order valence-electron chi connectivity index (χ2n) is 4.91. The maximum atomic E-state index is 6.24. The lowest BCUT2D eigenvalue weighted by atomic mass is 9.95. The van der Waals surface area contributed by atoms with E-state index in [1.54, 1.807) is 6.33 Å². The van der Waals surface area contributed by atoms with Gasteiger partial charge in [0.2, 0.25) is 0 Å². The molecule has 3 atom stereocenters. The Kier molecular flexibility index (Phi) is 4.12. The second kappa shape index (κ2) is 5.60. The smallest absolute Gasteiger partial charge is 0.138 e. The van der Waals surface area contributed by atoms with Crippen LogP contribution in [-0.4, -0.2) is 33.5 Å². The quantitative estimate of drug-likeness (QED) is 0.830. The van der Waals surface area contributed by atoms with E-state index in [-0.39, 0.29) is 6.04 Å². The molecule has 3 unspecified atom stereocenters. The molecule has 0 amide bonds. The molecule has 1 aliphatic rings. The molecule has 0 aliphatic carbocycles. The summed E-state index contributed by atoms with van der Waals surface area (Å²) in [7, 11) is 0. The van der Waals surface area contributed by atoms with E-state index in [9.17, 15) is 0 Å². The van der Waals surface area contributed by atoms with Crippen LogP contribution in [0.3, 0.4) is 0 Å². The summed E-state index contributed by atoms with van der Waals surface area (Å²) in [5, 5.41) is 4.22. The fourth-order valence-corrected chi connectivity index (χ4v) is 2.37. The molecule has 17 heavy (non-hydrogen) atoms. The first-order chi connectivity index (χ1) is 8.20. The normalized spacial score (nSPS) is 26.3. The topological polar surface area (TPSA) is 66.0 Å². The predicted octanol–water partition coefficient (Wildman–Crippen LogP) is 0.983. The summed E-state index contributed by atoms with van der Waals surface area (Å²) < 4.78 is 7.52. The number of rotatable bonds is 5. The molecule has 1 aromatic rings. The molecule has 1 aromatic heterocycles. The third-order valence-electron chi connectivity index (χ3n) is 3.38. The molecule has 96 valence electrons. The van der Waals surface area contributed by atoms with Gasteiger partial charge in [0.15, 0.2) is 0 Å². The zero-order valence-electron chi connectivity index (χ0n) is 10.7. The molecule has 2 heterocycles. The summed E-state index contributed by atoms with van der Waals surface area (Å²) in [6, 6.07) is 0.125. The number of ether oxygens (including phenoxy) is 1. The third-order valence-corrected chi connectivity index (χ3v) is 3.38. The van der Waals surface area contributed by atoms with Gasteiger partial charge < -0.3 is 10.5 Å². The number of aromatic nitrogens is 3. The number of hydrogen-bond acceptors (Lipinski definition) is 4. The molecule has 0 saturated carbocycles. The van der Waals surface area contributed by atoms with Gasteiger partial charge in [-0.25, -0.2) is 4.98 Å². The standard InChI is InChI=1S/C12H22N4O/c1-3-4-16-12(14-8-15-16)6-11(13)10-5-9(2)17-7-10/h8-11H,3-7,13H2,1-2H3. The molecule has 0 spiro atoms. The molecule has 1 fully saturated rings. The average Bonchev–Trinajstić information content (AvgIpc) is 2.89. The molecule has 2 rings (SSSR count). The van der Waals surface area contributed by atoms with Crippen LogP contribution in [0, 0.1) is 5.92 Å². The highest BCUT2D eigenvalue weighted by molar-refractivity contribution is 4.92. The van der Waals surface area contributed by atoms with Gasteiger partial charge in [0.25, 0.3) is 0 Å². The highest BCUT2D eigenvalue weighted by Crippen LogP contribution is 2.22. The van der Waals surface area contributed by atoms with Crippen LogP contribution in [0.25, 0.3) is 0 Å². The number of aryl methyl sites for hydroxylation is 1. The van der Waals surface area contributed by atoms with Crippen molar-refractivity contribution in [2.24, 2.45) is 11.7 Å². The Hall–Kier alpha value is -0.940. The molecule has 5 nitrogen and oxygen atoms in total. The minimum atomic E-state index is 0.125. The van der Waals surface area contributed by atoms with Gasteiger partial charge in [-0.1, -0.05) is 6.92 Å². The Morgan fingerprint density at radius 1 is 1.65 bits per heavy atom. The Morgan fingerprint density at radius 2 is 2.47 bits per heavy atom. The maximum Gasteiger partial charge on any atom is 0.138 e. The van der Waals surface area contributed by atoms with Gasteiger partial charge in [-0.15, -0.1) is 0 Å². The molecule has 1 aliphatic heterocycles. The van der Waals surface area contributed by atoms with Gasteiger partial charge >= 0.3 is 0 Å². The molecular formula is C12H22N4O. The van der Waals surface area contributed by atoms with Crippen LogP contribution in [0.4, 0.5) is 0 Å². The van der Waals surface area contributed by atoms with Crippen LogP contribution < -0.4 is 5.73 Å². The Bertz CT molecular complexity index is 352. The Morgan fingerprint density at radius 3 is 3.12 bits per heavy atom. The van der Waals surface area contributed by atoms with Gasteiger partial charge in [0, 0.05) is 24.9 Å². The van der Waals surface area contributed by atoms with E-state index in [1.807, 2.05) is 4.68 Å². The predicted molar refractivity (Wildman–Crippen MR) is 65.5 cm³/mol. The van der Waals surface area contributed by atoms with Gasteiger partial charge in [-0.2, -0.15) is 5.10 Å². The minimum absolute atomic E-state index is 0.125. The highest BCUT2D eigenvalue weighted by atomic mass is 16.5. The van der Waals surface area contributed by atoms with Gasteiger partial charge in [-0.05, 0) is 19.8 Å². The number of nitrogens with zero attached hydrogens (tertiary/aromatic N) is 3. The van der Waals surface area contributed by atoms with Crippen molar-refractivity contribution < 1.29 is 4.74 Å². The first kappa shape index (κ1) is 12.5. The second-order valence-corrected chi connectivity index (χ2v) is 4.91. The van der Waals surface area contributed by atoms with Crippen molar-refractivity contribution in [3.05, 3.63) is 12.2 Å². The van der Waals surface area contributed by atoms with E-state index in [2.05, 4.69) is 23.9 Å². The van der Waals surface area contributed by atoms with E-state index in [0.29, 0.717) is 12.0 Å². The van der Waals surface area contributed by atoms with Crippen molar-refractivity contribution >= 4 is 0 Å². The van der Waals surface area contributed by atoms with Crippen LogP contribution >= 0.6 is 0 Å². The monoisotopic (exact) mass is 238 g/mol. The van der Waals surface area contributed by atoms with Crippen LogP contribution in [0.15, 0.2) is 6.33 Å². The minimum Gasteiger partial charge on any atom is -0.378 e. The zero-order valence-corrected chi connectivity index (χ0v) is 10.7. The summed E-state index contributed by atoms with van der Waals surface area (Å²) in [4.78, 5) is 4.30. The van der Waals surface area contributed by atoms with Gasteiger partial charge in [0.05, 0.1) is 12.7 Å². The average molecular weight is 238 g/mol. The van der Waals surface area contributed by atoms with E-state index < -0.39 is 0 Å². The van der Waals surface area contributed by atoms with Crippen molar-refractivity contribution in [1.82, 2.24) is 14.8 Å². The number of hydrogen-bond donors (Lipinski definition) is 1. The highest BCUT2D eigenvalue weighted by Gasteiger charge is 2.28. The fraction of sp³-hybridized carbons (Fsp3) is 0.833. The molecule has 0 radical (unpaired) electrons. The third kappa shape index (κ3) is 3.04.